The lowest BCUT2D eigenvalue weighted by molar-refractivity contribution is -0.141. The highest BCUT2D eigenvalue weighted by Crippen LogP contribution is 2.17. The van der Waals surface area contributed by atoms with Gasteiger partial charge in [-0.3, -0.25) is 4.79 Å². The molecule has 2 amide bonds. The van der Waals surface area contributed by atoms with E-state index in [9.17, 15) is 22.8 Å². The molecule has 0 aromatic heterocycles. The molecule has 0 aliphatic heterocycles. The molecule has 0 saturated carbocycles. The third-order valence-electron chi connectivity index (χ3n) is 2.05. The van der Waals surface area contributed by atoms with Gasteiger partial charge in [0, 0.05) is 13.1 Å². The molecular weight excluding hydrogens is 241 g/mol. The largest absolute Gasteiger partial charge is 0.481 e. The van der Waals surface area contributed by atoms with Gasteiger partial charge in [0.2, 0.25) is 0 Å². The van der Waals surface area contributed by atoms with Gasteiger partial charge in [-0.05, 0) is 6.42 Å². The second kappa shape index (κ2) is 6.97. The van der Waals surface area contributed by atoms with Crippen molar-refractivity contribution in [1.82, 2.24) is 10.6 Å². The Morgan fingerprint density at radius 1 is 1.29 bits per heavy atom. The van der Waals surface area contributed by atoms with Gasteiger partial charge in [-0.15, -0.1) is 0 Å². The van der Waals surface area contributed by atoms with Crippen molar-refractivity contribution in [3.8, 4) is 0 Å². The first kappa shape index (κ1) is 15.5. The number of alkyl halides is 3. The highest BCUT2D eigenvalue weighted by Gasteiger charge is 2.26. The Kier molecular flexibility index (Phi) is 6.37. The van der Waals surface area contributed by atoms with Crippen molar-refractivity contribution >= 4 is 12.0 Å². The van der Waals surface area contributed by atoms with Crippen LogP contribution in [0.25, 0.3) is 0 Å². The summed E-state index contributed by atoms with van der Waals surface area (Å²) in [6.45, 7) is 1.00. The van der Waals surface area contributed by atoms with Crippen LogP contribution < -0.4 is 10.6 Å². The van der Waals surface area contributed by atoms with Crippen molar-refractivity contribution < 1.29 is 27.9 Å². The van der Waals surface area contributed by atoms with Gasteiger partial charge >= 0.3 is 18.2 Å². The Morgan fingerprint density at radius 2 is 1.88 bits per heavy atom. The number of halogens is 3. The van der Waals surface area contributed by atoms with E-state index in [2.05, 4.69) is 5.32 Å². The molecule has 0 aliphatic carbocycles. The molecule has 100 valence electrons. The average molecular weight is 256 g/mol. The van der Waals surface area contributed by atoms with Gasteiger partial charge in [0.15, 0.2) is 0 Å². The predicted octanol–water partition coefficient (Wildman–Crippen LogP) is 1.35. The van der Waals surface area contributed by atoms with Gasteiger partial charge in [-0.25, -0.2) is 4.79 Å². The average Bonchev–Trinajstić information content (AvgIpc) is 2.16. The van der Waals surface area contributed by atoms with Crippen LogP contribution in [0.15, 0.2) is 0 Å². The third-order valence-corrected chi connectivity index (χ3v) is 2.05. The molecule has 0 saturated heterocycles. The van der Waals surface area contributed by atoms with E-state index < -0.39 is 37.1 Å². The van der Waals surface area contributed by atoms with Crippen molar-refractivity contribution in [2.45, 2.75) is 25.9 Å². The number of carbonyl (C=O) groups excluding carboxylic acids is 1. The molecule has 5 nitrogen and oxygen atoms in total. The van der Waals surface area contributed by atoms with Crippen LogP contribution in [0.3, 0.4) is 0 Å². The lowest BCUT2D eigenvalue weighted by Crippen LogP contribution is -2.40. The Labute approximate surface area is 96.4 Å². The van der Waals surface area contributed by atoms with Crippen molar-refractivity contribution in [3.05, 3.63) is 0 Å². The molecule has 1 unspecified atom stereocenters. The molecule has 0 aromatic carbocycles. The maximum atomic E-state index is 11.7. The first-order valence-electron chi connectivity index (χ1n) is 5.07. The first-order valence-corrected chi connectivity index (χ1v) is 5.07. The van der Waals surface area contributed by atoms with E-state index in [1.54, 1.807) is 6.92 Å². The fourth-order valence-corrected chi connectivity index (χ4v) is 1.00. The molecule has 8 heteroatoms. The quantitative estimate of drug-likeness (QED) is 0.671. The topological polar surface area (TPSA) is 78.4 Å². The zero-order chi connectivity index (χ0) is 13.5. The minimum absolute atomic E-state index is 0.107. The van der Waals surface area contributed by atoms with Crippen molar-refractivity contribution in [3.63, 3.8) is 0 Å². The summed E-state index contributed by atoms with van der Waals surface area (Å²) in [5.74, 6) is -1.79. The van der Waals surface area contributed by atoms with Crippen molar-refractivity contribution in [1.29, 1.82) is 0 Å². The molecule has 0 aliphatic rings. The summed E-state index contributed by atoms with van der Waals surface area (Å²) in [7, 11) is 0. The lowest BCUT2D eigenvalue weighted by atomic mass is 10.1. The number of carboxylic acid groups (broad SMARTS) is 1. The predicted molar refractivity (Wildman–Crippen MR) is 53.5 cm³/mol. The molecule has 0 fully saturated rings. The van der Waals surface area contributed by atoms with E-state index in [0.29, 0.717) is 6.42 Å². The standard InChI is InChI=1S/C9H15F3N2O3/c1-2-6(7(15)16)5-14-8(17)13-4-3-9(10,11)12/h6H,2-5H2,1H3,(H,15,16)(H2,13,14,17). The van der Waals surface area contributed by atoms with Gasteiger partial charge in [-0.2, -0.15) is 13.2 Å². The van der Waals surface area contributed by atoms with Crippen molar-refractivity contribution in [2.24, 2.45) is 5.92 Å². The number of carbonyl (C=O) groups is 2. The van der Waals surface area contributed by atoms with Gasteiger partial charge in [0.1, 0.15) is 0 Å². The van der Waals surface area contributed by atoms with E-state index >= 15 is 0 Å². The first-order chi connectivity index (χ1) is 7.76. The van der Waals surface area contributed by atoms with E-state index in [1.165, 1.54) is 0 Å². The molecule has 17 heavy (non-hydrogen) atoms. The normalized spacial score (nSPS) is 12.9. The second-order valence-corrected chi connectivity index (χ2v) is 3.45. The molecule has 0 spiro atoms. The van der Waals surface area contributed by atoms with Crippen LogP contribution in [0.5, 0.6) is 0 Å². The molecule has 0 heterocycles. The summed E-state index contributed by atoms with van der Waals surface area (Å²) >= 11 is 0. The van der Waals surface area contributed by atoms with Crippen LogP contribution in [0.1, 0.15) is 19.8 Å². The summed E-state index contributed by atoms with van der Waals surface area (Å²) in [6.07, 6.45) is -5.10. The smallest absolute Gasteiger partial charge is 0.390 e. The van der Waals surface area contributed by atoms with Gasteiger partial charge < -0.3 is 15.7 Å². The Balaban J connectivity index is 3.76. The lowest BCUT2D eigenvalue weighted by Gasteiger charge is -2.12. The Hall–Kier alpha value is -1.47. The number of amides is 2. The molecule has 0 bridgehead atoms. The van der Waals surface area contributed by atoms with Crippen LogP contribution >= 0.6 is 0 Å². The number of hydrogen-bond acceptors (Lipinski definition) is 2. The highest BCUT2D eigenvalue weighted by atomic mass is 19.4. The highest BCUT2D eigenvalue weighted by molar-refractivity contribution is 5.75. The Bertz CT molecular complexity index is 269. The zero-order valence-corrected chi connectivity index (χ0v) is 9.30. The number of urea groups is 1. The Morgan fingerprint density at radius 3 is 2.29 bits per heavy atom. The molecule has 3 N–H and O–H groups in total. The van der Waals surface area contributed by atoms with E-state index in [4.69, 9.17) is 5.11 Å². The van der Waals surface area contributed by atoms with Gasteiger partial charge in [0.05, 0.1) is 12.3 Å². The molecule has 0 rings (SSSR count). The monoisotopic (exact) mass is 256 g/mol. The number of hydrogen-bond donors (Lipinski definition) is 3. The fraction of sp³-hybridized carbons (Fsp3) is 0.778. The summed E-state index contributed by atoms with van der Waals surface area (Å²) in [6, 6.07) is -0.797. The maximum absolute atomic E-state index is 11.7. The fourth-order valence-electron chi connectivity index (χ4n) is 1.00. The molecular formula is C9H15F3N2O3. The van der Waals surface area contributed by atoms with Gasteiger partial charge in [0.25, 0.3) is 0 Å². The van der Waals surface area contributed by atoms with Crippen LogP contribution in [0, 0.1) is 5.92 Å². The molecule has 1 atom stereocenters. The summed E-state index contributed by atoms with van der Waals surface area (Å²) in [5, 5.41) is 12.8. The van der Waals surface area contributed by atoms with Crippen molar-refractivity contribution in [2.75, 3.05) is 13.1 Å². The summed E-state index contributed by atoms with van der Waals surface area (Å²) < 4.78 is 35.2. The van der Waals surface area contributed by atoms with E-state index in [1.807, 2.05) is 5.32 Å². The SMILES string of the molecule is CCC(CNC(=O)NCCC(F)(F)F)C(=O)O. The minimum Gasteiger partial charge on any atom is -0.481 e. The van der Waals surface area contributed by atoms with Crippen LogP contribution in [-0.2, 0) is 4.79 Å². The number of carboxylic acids is 1. The minimum atomic E-state index is -4.32. The maximum Gasteiger partial charge on any atom is 0.390 e. The summed E-state index contributed by atoms with van der Waals surface area (Å²) in [5.41, 5.74) is 0. The zero-order valence-electron chi connectivity index (χ0n) is 9.30. The second-order valence-electron chi connectivity index (χ2n) is 3.45. The van der Waals surface area contributed by atoms with Crippen LogP contribution in [-0.4, -0.2) is 36.4 Å². The van der Waals surface area contributed by atoms with Crippen LogP contribution in [0.2, 0.25) is 0 Å². The van der Waals surface area contributed by atoms with Gasteiger partial charge in [-0.1, -0.05) is 6.92 Å². The van der Waals surface area contributed by atoms with E-state index in [-0.39, 0.29) is 6.54 Å². The third kappa shape index (κ3) is 8.35. The number of aliphatic carboxylic acids is 1. The number of rotatable bonds is 6. The van der Waals surface area contributed by atoms with Crippen LogP contribution in [0.4, 0.5) is 18.0 Å². The molecule has 0 aromatic rings. The summed E-state index contributed by atoms with van der Waals surface area (Å²) in [4.78, 5) is 21.6. The number of nitrogens with one attached hydrogen (secondary N) is 2. The molecule has 0 radical (unpaired) electrons. The van der Waals surface area contributed by atoms with E-state index in [0.717, 1.165) is 0 Å².